The Labute approximate surface area is 103 Å². The van der Waals surface area contributed by atoms with Crippen molar-refractivity contribution in [2.24, 2.45) is 10.4 Å². The van der Waals surface area contributed by atoms with Crippen molar-refractivity contribution >= 4 is 6.21 Å². The fourth-order valence-electron chi connectivity index (χ4n) is 2.05. The van der Waals surface area contributed by atoms with Gasteiger partial charge in [-0.15, -0.1) is 0 Å². The van der Waals surface area contributed by atoms with Gasteiger partial charge in [0.2, 0.25) is 0 Å². The Morgan fingerprint density at radius 2 is 2.06 bits per heavy atom. The zero-order valence-electron chi connectivity index (χ0n) is 10.3. The molecule has 2 nitrogen and oxygen atoms in total. The largest absolute Gasteiger partial charge is 0.380 e. The Bertz CT molecular complexity index is 383. The summed E-state index contributed by atoms with van der Waals surface area (Å²) in [7, 11) is 0. The molecule has 0 radical (unpaired) electrons. The topological polar surface area (TPSA) is 21.6 Å². The van der Waals surface area contributed by atoms with Gasteiger partial charge in [0.15, 0.2) is 0 Å². The summed E-state index contributed by atoms with van der Waals surface area (Å²) in [6, 6.07) is 10.6. The fourth-order valence-corrected chi connectivity index (χ4v) is 2.05. The first kappa shape index (κ1) is 12.1. The van der Waals surface area contributed by atoms with E-state index in [1.165, 1.54) is 5.56 Å². The summed E-state index contributed by atoms with van der Waals surface area (Å²) < 4.78 is 5.57. The molecule has 0 bridgehead atoms. The van der Waals surface area contributed by atoms with Crippen LogP contribution in [0, 0.1) is 5.41 Å². The number of aliphatic imine (C=N–C) groups is 1. The van der Waals surface area contributed by atoms with Crippen LogP contribution in [0.5, 0.6) is 0 Å². The molecule has 1 atom stereocenters. The predicted octanol–water partition coefficient (Wildman–Crippen LogP) is 3.24. The van der Waals surface area contributed by atoms with E-state index < -0.39 is 0 Å². The Morgan fingerprint density at radius 3 is 2.71 bits per heavy atom. The van der Waals surface area contributed by atoms with E-state index in [-0.39, 0.29) is 5.41 Å². The lowest BCUT2D eigenvalue weighted by Crippen LogP contribution is -2.25. The second kappa shape index (κ2) is 5.78. The molecule has 0 N–H and O–H groups in total. The summed E-state index contributed by atoms with van der Waals surface area (Å²) in [5, 5.41) is 0. The fraction of sp³-hybridized carbons (Fsp3) is 0.400. The van der Waals surface area contributed by atoms with Crippen LogP contribution >= 0.6 is 0 Å². The van der Waals surface area contributed by atoms with Gasteiger partial charge in [-0.1, -0.05) is 36.4 Å². The highest BCUT2D eigenvalue weighted by Gasteiger charge is 2.27. The number of aryl methyl sites for hydroxylation is 1. The molecule has 90 valence electrons. The van der Waals surface area contributed by atoms with E-state index >= 15 is 0 Å². The summed E-state index contributed by atoms with van der Waals surface area (Å²) in [4.78, 5) is 4.22. The van der Waals surface area contributed by atoms with E-state index in [4.69, 9.17) is 4.74 Å². The Balaban J connectivity index is 1.95. The van der Waals surface area contributed by atoms with Gasteiger partial charge in [0.05, 0.1) is 6.61 Å². The molecule has 1 aromatic carbocycles. The van der Waals surface area contributed by atoms with Crippen LogP contribution < -0.4 is 0 Å². The average Bonchev–Trinajstić information content (AvgIpc) is 2.85. The van der Waals surface area contributed by atoms with Gasteiger partial charge in [0.1, 0.15) is 0 Å². The third-order valence-electron chi connectivity index (χ3n) is 3.12. The first-order valence-electron chi connectivity index (χ1n) is 6.18. The lowest BCUT2D eigenvalue weighted by Gasteiger charge is -2.23. The maximum Gasteiger partial charge on any atom is 0.0607 e. The Kier molecular flexibility index (Phi) is 4.10. The van der Waals surface area contributed by atoms with Crippen LogP contribution in [0.1, 0.15) is 18.9 Å². The number of benzene rings is 1. The van der Waals surface area contributed by atoms with Crippen LogP contribution in [-0.2, 0) is 11.2 Å². The number of hydrogen-bond donors (Lipinski definition) is 0. The van der Waals surface area contributed by atoms with Crippen molar-refractivity contribution in [3.05, 3.63) is 48.2 Å². The van der Waals surface area contributed by atoms with Gasteiger partial charge in [-0.2, -0.15) is 0 Å². The predicted molar refractivity (Wildman–Crippen MR) is 71.3 cm³/mol. The number of rotatable bonds is 6. The van der Waals surface area contributed by atoms with E-state index in [0.29, 0.717) is 0 Å². The van der Waals surface area contributed by atoms with Crippen LogP contribution in [0.3, 0.4) is 0 Å². The van der Waals surface area contributed by atoms with Crippen molar-refractivity contribution < 1.29 is 4.74 Å². The highest BCUT2D eigenvalue weighted by Crippen LogP contribution is 2.28. The maximum atomic E-state index is 5.57. The molecule has 1 heterocycles. The SMILES string of the molecule is CCOCC1(CCc2ccccc2)C=CN=C1. The van der Waals surface area contributed by atoms with Gasteiger partial charge in [0.25, 0.3) is 0 Å². The van der Waals surface area contributed by atoms with Gasteiger partial charge in [-0.3, -0.25) is 4.99 Å². The van der Waals surface area contributed by atoms with E-state index in [9.17, 15) is 0 Å². The van der Waals surface area contributed by atoms with Gasteiger partial charge >= 0.3 is 0 Å². The standard InChI is InChI=1S/C15H19NO/c1-2-17-13-15(10-11-16-12-15)9-8-14-6-4-3-5-7-14/h3-7,10-12H,2,8-9,13H2,1H3. The minimum atomic E-state index is 0.00580. The third kappa shape index (κ3) is 3.27. The molecule has 0 fully saturated rings. The second-order valence-corrected chi connectivity index (χ2v) is 4.45. The van der Waals surface area contributed by atoms with Crippen molar-refractivity contribution in [1.29, 1.82) is 0 Å². The van der Waals surface area contributed by atoms with E-state index in [1.807, 2.05) is 19.3 Å². The molecule has 0 saturated carbocycles. The minimum Gasteiger partial charge on any atom is -0.380 e. The van der Waals surface area contributed by atoms with E-state index in [1.54, 1.807) is 0 Å². The van der Waals surface area contributed by atoms with Crippen molar-refractivity contribution in [2.45, 2.75) is 19.8 Å². The van der Waals surface area contributed by atoms with Crippen LogP contribution in [0.15, 0.2) is 47.6 Å². The molecule has 2 heteroatoms. The van der Waals surface area contributed by atoms with Gasteiger partial charge in [0, 0.05) is 24.4 Å². The molecule has 2 rings (SSSR count). The summed E-state index contributed by atoms with van der Waals surface area (Å²) in [5.41, 5.74) is 1.38. The first-order chi connectivity index (χ1) is 8.35. The average molecular weight is 229 g/mol. The molecule has 1 aromatic rings. The molecule has 1 unspecified atom stereocenters. The Morgan fingerprint density at radius 1 is 1.24 bits per heavy atom. The van der Waals surface area contributed by atoms with Crippen molar-refractivity contribution in [1.82, 2.24) is 0 Å². The van der Waals surface area contributed by atoms with E-state index in [2.05, 4.69) is 41.4 Å². The third-order valence-corrected chi connectivity index (χ3v) is 3.12. The van der Waals surface area contributed by atoms with Gasteiger partial charge in [-0.25, -0.2) is 0 Å². The van der Waals surface area contributed by atoms with Crippen molar-refractivity contribution in [3.63, 3.8) is 0 Å². The second-order valence-electron chi connectivity index (χ2n) is 4.45. The van der Waals surface area contributed by atoms with Crippen molar-refractivity contribution in [3.8, 4) is 0 Å². The number of hydrogen-bond acceptors (Lipinski definition) is 2. The molecular weight excluding hydrogens is 210 g/mol. The summed E-state index contributed by atoms with van der Waals surface area (Å²) in [6.07, 6.45) is 8.17. The van der Waals surface area contributed by atoms with Crippen LogP contribution in [0.2, 0.25) is 0 Å². The lowest BCUT2D eigenvalue weighted by atomic mass is 9.85. The van der Waals surface area contributed by atoms with Crippen LogP contribution in [0.4, 0.5) is 0 Å². The summed E-state index contributed by atoms with van der Waals surface area (Å²) in [5.74, 6) is 0. The molecule has 0 spiro atoms. The molecule has 1 aliphatic rings. The van der Waals surface area contributed by atoms with Gasteiger partial charge < -0.3 is 4.74 Å². The molecule has 0 aliphatic carbocycles. The van der Waals surface area contributed by atoms with E-state index in [0.717, 1.165) is 26.1 Å². The quantitative estimate of drug-likeness (QED) is 0.734. The lowest BCUT2D eigenvalue weighted by molar-refractivity contribution is 0.105. The Hall–Kier alpha value is -1.41. The maximum absolute atomic E-state index is 5.57. The summed E-state index contributed by atoms with van der Waals surface area (Å²) in [6.45, 7) is 3.52. The molecular formula is C15H19NO. The van der Waals surface area contributed by atoms with Crippen LogP contribution in [0.25, 0.3) is 0 Å². The zero-order valence-corrected chi connectivity index (χ0v) is 10.3. The zero-order chi connectivity index (χ0) is 12.0. The van der Waals surface area contributed by atoms with Crippen LogP contribution in [-0.4, -0.2) is 19.4 Å². The van der Waals surface area contributed by atoms with Crippen molar-refractivity contribution in [2.75, 3.05) is 13.2 Å². The highest BCUT2D eigenvalue weighted by atomic mass is 16.5. The smallest absolute Gasteiger partial charge is 0.0607 e. The molecule has 1 aliphatic heterocycles. The normalized spacial score (nSPS) is 22.2. The summed E-state index contributed by atoms with van der Waals surface area (Å²) >= 11 is 0. The molecule has 0 aromatic heterocycles. The first-order valence-corrected chi connectivity index (χ1v) is 6.18. The monoisotopic (exact) mass is 229 g/mol. The highest BCUT2D eigenvalue weighted by molar-refractivity contribution is 5.72. The molecule has 0 saturated heterocycles. The molecule has 17 heavy (non-hydrogen) atoms. The molecule has 0 amide bonds. The number of nitrogens with zero attached hydrogens (tertiary/aromatic N) is 1. The van der Waals surface area contributed by atoms with Gasteiger partial charge in [-0.05, 0) is 25.3 Å². The number of ether oxygens (including phenoxy) is 1. The minimum absolute atomic E-state index is 0.00580.